The van der Waals surface area contributed by atoms with Crippen LogP contribution in [0.5, 0.6) is 0 Å². The normalized spacial score (nSPS) is 12.0. The fourth-order valence-corrected chi connectivity index (χ4v) is 3.29. The van der Waals surface area contributed by atoms with Crippen LogP contribution in [0.15, 0.2) is 89.8 Å². The number of rotatable bonds is 6. The maximum atomic E-state index is 6.18. The van der Waals surface area contributed by atoms with E-state index in [1.165, 1.54) is 5.56 Å². The lowest BCUT2D eigenvalue weighted by molar-refractivity contribution is 0.0994. The highest BCUT2D eigenvalue weighted by molar-refractivity contribution is 7.99. The molecule has 0 amide bonds. The Bertz CT molecular complexity index is 714. The predicted octanol–water partition coefficient (Wildman–Crippen LogP) is 6.35. The van der Waals surface area contributed by atoms with Crippen LogP contribution in [0.3, 0.4) is 0 Å². The molecule has 0 aliphatic rings. The first-order valence-electron chi connectivity index (χ1n) is 7.44. The summed E-state index contributed by atoms with van der Waals surface area (Å²) in [5.74, 6) is 0. The Hall–Kier alpha value is -1.74. The Morgan fingerprint density at radius 3 is 2.04 bits per heavy atom. The van der Waals surface area contributed by atoms with E-state index in [-0.39, 0.29) is 5.44 Å². The molecule has 0 aliphatic heterocycles. The van der Waals surface area contributed by atoms with E-state index in [2.05, 4.69) is 24.3 Å². The summed E-state index contributed by atoms with van der Waals surface area (Å²) in [4.78, 5) is 1.14. The molecule has 116 valence electrons. The lowest BCUT2D eigenvalue weighted by atomic mass is 10.2. The summed E-state index contributed by atoms with van der Waals surface area (Å²) in [5, 5.41) is 0.746. The first-order valence-corrected chi connectivity index (χ1v) is 8.70. The summed E-state index contributed by atoms with van der Waals surface area (Å²) < 4.78 is 6.18. The maximum absolute atomic E-state index is 6.18. The molecule has 0 saturated carbocycles. The molecule has 3 aromatic rings. The van der Waals surface area contributed by atoms with Gasteiger partial charge in [0.15, 0.2) is 0 Å². The van der Waals surface area contributed by atoms with Gasteiger partial charge in [0.2, 0.25) is 0 Å². The van der Waals surface area contributed by atoms with Crippen molar-refractivity contribution in [3.63, 3.8) is 0 Å². The second-order valence-corrected chi connectivity index (χ2v) is 6.68. The Balaban J connectivity index is 1.75. The molecular weight excluding hydrogens is 324 g/mol. The summed E-state index contributed by atoms with van der Waals surface area (Å²) in [6.45, 7) is 0.584. The van der Waals surface area contributed by atoms with Crippen LogP contribution in [0.4, 0.5) is 0 Å². The van der Waals surface area contributed by atoms with Crippen molar-refractivity contribution in [2.75, 3.05) is 0 Å². The van der Waals surface area contributed by atoms with Crippen LogP contribution in [0.1, 0.15) is 16.6 Å². The van der Waals surface area contributed by atoms with Gasteiger partial charge in [0.1, 0.15) is 5.44 Å². The molecule has 3 rings (SSSR count). The molecule has 0 radical (unpaired) electrons. The fraction of sp³-hybridized carbons (Fsp3) is 0.100. The topological polar surface area (TPSA) is 9.23 Å². The summed E-state index contributed by atoms with van der Waals surface area (Å²) in [7, 11) is 0. The highest BCUT2D eigenvalue weighted by Crippen LogP contribution is 2.37. The molecule has 23 heavy (non-hydrogen) atoms. The summed E-state index contributed by atoms with van der Waals surface area (Å²) in [6, 6.07) is 28.4. The zero-order valence-electron chi connectivity index (χ0n) is 12.6. The molecular formula is C20H17ClOS. The molecule has 0 heterocycles. The number of benzene rings is 3. The number of hydrogen-bond acceptors (Lipinski definition) is 2. The second kappa shape index (κ2) is 8.21. The van der Waals surface area contributed by atoms with E-state index in [1.807, 2.05) is 60.7 Å². The van der Waals surface area contributed by atoms with Gasteiger partial charge in [-0.25, -0.2) is 0 Å². The van der Waals surface area contributed by atoms with E-state index >= 15 is 0 Å². The number of thioether (sulfide) groups is 1. The third kappa shape index (κ3) is 4.87. The number of ether oxygens (including phenoxy) is 1. The van der Waals surface area contributed by atoms with Gasteiger partial charge in [0, 0.05) is 9.92 Å². The standard InChI is InChI=1S/C20H17ClOS/c21-18-11-13-19(14-12-18)23-20(17-9-5-2-6-10-17)22-15-16-7-3-1-4-8-16/h1-14,20H,15H2. The van der Waals surface area contributed by atoms with Crippen molar-refractivity contribution in [2.24, 2.45) is 0 Å². The van der Waals surface area contributed by atoms with E-state index in [0.717, 1.165) is 15.5 Å². The van der Waals surface area contributed by atoms with Crippen molar-refractivity contribution in [2.45, 2.75) is 16.9 Å². The van der Waals surface area contributed by atoms with Gasteiger partial charge in [-0.2, -0.15) is 0 Å². The van der Waals surface area contributed by atoms with E-state index in [4.69, 9.17) is 16.3 Å². The molecule has 0 fully saturated rings. The van der Waals surface area contributed by atoms with E-state index < -0.39 is 0 Å². The molecule has 0 N–H and O–H groups in total. The summed E-state index contributed by atoms with van der Waals surface area (Å²) in [6.07, 6.45) is 0. The smallest absolute Gasteiger partial charge is 0.133 e. The third-order valence-corrected chi connectivity index (χ3v) is 4.79. The summed E-state index contributed by atoms with van der Waals surface area (Å²) in [5.41, 5.74) is 2.27. The highest BCUT2D eigenvalue weighted by Gasteiger charge is 2.14. The van der Waals surface area contributed by atoms with Gasteiger partial charge in [-0.3, -0.25) is 0 Å². The predicted molar refractivity (Wildman–Crippen MR) is 97.7 cm³/mol. The zero-order valence-corrected chi connectivity index (χ0v) is 14.1. The lowest BCUT2D eigenvalue weighted by Gasteiger charge is -2.18. The molecule has 0 aromatic heterocycles. The van der Waals surface area contributed by atoms with E-state index in [0.29, 0.717) is 6.61 Å². The van der Waals surface area contributed by atoms with Gasteiger partial charge in [-0.05, 0) is 35.4 Å². The van der Waals surface area contributed by atoms with E-state index in [1.54, 1.807) is 11.8 Å². The van der Waals surface area contributed by atoms with Gasteiger partial charge in [0.25, 0.3) is 0 Å². The Morgan fingerprint density at radius 2 is 1.39 bits per heavy atom. The average Bonchev–Trinajstić information content (AvgIpc) is 2.62. The molecule has 0 aliphatic carbocycles. The second-order valence-electron chi connectivity index (χ2n) is 5.11. The van der Waals surface area contributed by atoms with Crippen molar-refractivity contribution in [1.82, 2.24) is 0 Å². The van der Waals surface area contributed by atoms with Gasteiger partial charge >= 0.3 is 0 Å². The minimum atomic E-state index is -0.0578. The Morgan fingerprint density at radius 1 is 0.783 bits per heavy atom. The molecule has 1 unspecified atom stereocenters. The Kier molecular flexibility index (Phi) is 5.76. The molecule has 3 aromatic carbocycles. The van der Waals surface area contributed by atoms with Crippen molar-refractivity contribution < 1.29 is 4.74 Å². The van der Waals surface area contributed by atoms with Crippen LogP contribution in [0.25, 0.3) is 0 Å². The highest BCUT2D eigenvalue weighted by atomic mass is 35.5. The van der Waals surface area contributed by atoms with Gasteiger partial charge in [0.05, 0.1) is 6.61 Å². The average molecular weight is 341 g/mol. The lowest BCUT2D eigenvalue weighted by Crippen LogP contribution is -2.01. The molecule has 0 saturated heterocycles. The van der Waals surface area contributed by atoms with Crippen molar-refractivity contribution >= 4 is 23.4 Å². The fourth-order valence-electron chi connectivity index (χ4n) is 2.19. The van der Waals surface area contributed by atoms with Crippen molar-refractivity contribution in [3.8, 4) is 0 Å². The van der Waals surface area contributed by atoms with Crippen LogP contribution in [0.2, 0.25) is 5.02 Å². The van der Waals surface area contributed by atoms with Crippen molar-refractivity contribution in [1.29, 1.82) is 0 Å². The van der Waals surface area contributed by atoms with Crippen LogP contribution >= 0.6 is 23.4 Å². The maximum Gasteiger partial charge on any atom is 0.133 e. The minimum Gasteiger partial charge on any atom is -0.358 e. The van der Waals surface area contributed by atoms with Gasteiger partial charge < -0.3 is 4.74 Å². The first-order chi connectivity index (χ1) is 11.3. The number of hydrogen-bond donors (Lipinski definition) is 0. The monoisotopic (exact) mass is 340 g/mol. The largest absolute Gasteiger partial charge is 0.358 e. The molecule has 3 heteroatoms. The minimum absolute atomic E-state index is 0.0578. The number of halogens is 1. The van der Waals surface area contributed by atoms with Gasteiger partial charge in [-0.1, -0.05) is 84.0 Å². The van der Waals surface area contributed by atoms with Crippen molar-refractivity contribution in [3.05, 3.63) is 101 Å². The molecule has 0 bridgehead atoms. The SMILES string of the molecule is Clc1ccc(SC(OCc2ccccc2)c2ccccc2)cc1. The zero-order chi connectivity index (χ0) is 15.9. The quantitative estimate of drug-likeness (QED) is 0.382. The summed E-state index contributed by atoms with van der Waals surface area (Å²) >= 11 is 7.65. The van der Waals surface area contributed by atoms with Crippen LogP contribution in [-0.4, -0.2) is 0 Å². The van der Waals surface area contributed by atoms with Gasteiger partial charge in [-0.15, -0.1) is 0 Å². The Labute approximate surface area is 146 Å². The van der Waals surface area contributed by atoms with Crippen LogP contribution < -0.4 is 0 Å². The van der Waals surface area contributed by atoms with E-state index in [9.17, 15) is 0 Å². The van der Waals surface area contributed by atoms with Crippen LogP contribution in [0, 0.1) is 0 Å². The molecule has 1 atom stereocenters. The first kappa shape index (κ1) is 16.1. The molecule has 0 spiro atoms. The van der Waals surface area contributed by atoms with Crippen LogP contribution in [-0.2, 0) is 11.3 Å². The third-order valence-electron chi connectivity index (χ3n) is 3.37. The molecule has 1 nitrogen and oxygen atoms in total.